The summed E-state index contributed by atoms with van der Waals surface area (Å²) in [7, 11) is 0. The van der Waals surface area contributed by atoms with Crippen LogP contribution in [0.5, 0.6) is 0 Å². The van der Waals surface area contributed by atoms with E-state index in [1.54, 1.807) is 0 Å². The number of hydrogen-bond donors (Lipinski definition) is 0. The molecule has 0 amide bonds. The lowest BCUT2D eigenvalue weighted by molar-refractivity contribution is -0.0585. The largest absolute Gasteiger partial charge is 0.510 e. The molecule has 1 saturated heterocycles. The summed E-state index contributed by atoms with van der Waals surface area (Å²) in [4.78, 5) is 13.5. The van der Waals surface area contributed by atoms with Gasteiger partial charge in [0.25, 0.3) is 0 Å². The lowest BCUT2D eigenvalue weighted by atomic mass is 10.2. The average molecular weight is 215 g/mol. The van der Waals surface area contributed by atoms with Gasteiger partial charge in [-0.05, 0) is 40.2 Å². The number of likely N-dealkylation sites (tertiary alicyclic amines) is 1. The van der Waals surface area contributed by atoms with E-state index in [1.165, 1.54) is 0 Å². The number of hydrogen-bond acceptors (Lipinski definition) is 4. The Kier molecular flexibility index (Phi) is 3.97. The molecule has 0 bridgehead atoms. The van der Waals surface area contributed by atoms with Gasteiger partial charge in [-0.15, -0.1) is 0 Å². The van der Waals surface area contributed by atoms with E-state index in [1.807, 2.05) is 20.8 Å². The quantitative estimate of drug-likeness (QED) is 0.663. The zero-order valence-corrected chi connectivity index (χ0v) is 10.1. The molecular formula is C11H21NO3. The molecular weight excluding hydrogens is 194 g/mol. The highest BCUT2D eigenvalue weighted by atomic mass is 16.7. The lowest BCUT2D eigenvalue weighted by Crippen LogP contribution is -2.35. The van der Waals surface area contributed by atoms with Crippen LogP contribution in [0.25, 0.3) is 0 Å². The predicted octanol–water partition coefficient (Wildman–Crippen LogP) is 2.38. The summed E-state index contributed by atoms with van der Waals surface area (Å²) in [6.07, 6.45) is 1.34. The number of carbonyl (C=O) groups is 1. The number of carbonyl (C=O) groups excluding carboxylic acids is 1. The Morgan fingerprint density at radius 1 is 1.47 bits per heavy atom. The predicted molar refractivity (Wildman–Crippen MR) is 57.6 cm³/mol. The molecule has 88 valence electrons. The van der Waals surface area contributed by atoms with Crippen molar-refractivity contribution in [3.63, 3.8) is 0 Å². The summed E-state index contributed by atoms with van der Waals surface area (Å²) < 4.78 is 10.4. The second-order valence-electron chi connectivity index (χ2n) is 4.81. The minimum Gasteiger partial charge on any atom is -0.429 e. The Bertz CT molecular complexity index is 222. The number of nitrogens with zero attached hydrogens (tertiary/aromatic N) is 1. The highest BCUT2D eigenvalue weighted by Gasteiger charge is 2.28. The van der Waals surface area contributed by atoms with Gasteiger partial charge in [-0.3, -0.25) is 4.90 Å². The molecule has 1 heterocycles. The first-order valence-electron chi connectivity index (χ1n) is 5.56. The third kappa shape index (κ3) is 4.08. The molecule has 0 aliphatic carbocycles. The van der Waals surface area contributed by atoms with Crippen LogP contribution in [-0.2, 0) is 9.47 Å². The molecule has 0 N–H and O–H groups in total. The van der Waals surface area contributed by atoms with Crippen molar-refractivity contribution in [3.8, 4) is 0 Å². The Balaban J connectivity index is 2.37. The third-order valence-electron chi connectivity index (χ3n) is 2.33. The van der Waals surface area contributed by atoms with Gasteiger partial charge in [0.05, 0.1) is 0 Å². The normalized spacial score (nSPS) is 22.8. The van der Waals surface area contributed by atoms with E-state index < -0.39 is 11.8 Å². The maximum absolute atomic E-state index is 11.4. The van der Waals surface area contributed by atoms with E-state index in [2.05, 4.69) is 11.8 Å². The molecule has 0 aromatic heterocycles. The number of ether oxygens (including phenoxy) is 2. The molecule has 0 aromatic carbocycles. The molecule has 1 atom stereocenters. The molecule has 15 heavy (non-hydrogen) atoms. The highest BCUT2D eigenvalue weighted by Crippen LogP contribution is 2.19. The van der Waals surface area contributed by atoms with Crippen molar-refractivity contribution in [3.05, 3.63) is 0 Å². The first kappa shape index (κ1) is 12.3. The molecule has 4 heteroatoms. The summed E-state index contributed by atoms with van der Waals surface area (Å²) in [6.45, 7) is 9.48. The van der Waals surface area contributed by atoms with Gasteiger partial charge in [-0.1, -0.05) is 6.92 Å². The third-order valence-corrected chi connectivity index (χ3v) is 2.33. The van der Waals surface area contributed by atoms with Gasteiger partial charge in [-0.2, -0.15) is 0 Å². The molecule has 1 aliphatic heterocycles. The van der Waals surface area contributed by atoms with Crippen LogP contribution in [0.2, 0.25) is 0 Å². The van der Waals surface area contributed by atoms with E-state index in [-0.39, 0.29) is 6.23 Å². The fourth-order valence-corrected chi connectivity index (χ4v) is 1.68. The maximum atomic E-state index is 11.4. The van der Waals surface area contributed by atoms with Gasteiger partial charge in [0.15, 0.2) is 6.23 Å². The van der Waals surface area contributed by atoms with Crippen LogP contribution >= 0.6 is 0 Å². The Labute approximate surface area is 91.5 Å². The first-order chi connectivity index (χ1) is 6.92. The van der Waals surface area contributed by atoms with Crippen LogP contribution in [0.4, 0.5) is 4.79 Å². The van der Waals surface area contributed by atoms with Crippen LogP contribution < -0.4 is 0 Å². The molecule has 1 aliphatic rings. The molecule has 1 unspecified atom stereocenters. The standard InChI is InChI=1S/C11H21NO3/c1-5-12-8-6-7-9(12)14-10(13)15-11(2,3)4/h9H,5-8H2,1-4H3. The molecule has 0 radical (unpaired) electrons. The highest BCUT2D eigenvalue weighted by molar-refractivity contribution is 5.60. The zero-order chi connectivity index (χ0) is 11.5. The van der Waals surface area contributed by atoms with Gasteiger partial charge in [0, 0.05) is 6.54 Å². The van der Waals surface area contributed by atoms with E-state index in [4.69, 9.17) is 9.47 Å². The fourth-order valence-electron chi connectivity index (χ4n) is 1.68. The molecule has 1 rings (SSSR count). The van der Waals surface area contributed by atoms with Crippen molar-refractivity contribution in [2.24, 2.45) is 0 Å². The van der Waals surface area contributed by atoms with Crippen molar-refractivity contribution >= 4 is 6.16 Å². The average Bonchev–Trinajstić information content (AvgIpc) is 2.48. The van der Waals surface area contributed by atoms with Crippen molar-refractivity contribution < 1.29 is 14.3 Å². The second kappa shape index (κ2) is 4.84. The molecule has 0 saturated carbocycles. The summed E-state index contributed by atoms with van der Waals surface area (Å²) >= 11 is 0. The van der Waals surface area contributed by atoms with Crippen LogP contribution in [-0.4, -0.2) is 36.0 Å². The SMILES string of the molecule is CCN1CCCC1OC(=O)OC(C)(C)C. The Morgan fingerprint density at radius 3 is 2.67 bits per heavy atom. The smallest absolute Gasteiger partial charge is 0.429 e. The fraction of sp³-hybridized carbons (Fsp3) is 0.909. The van der Waals surface area contributed by atoms with Crippen molar-refractivity contribution in [2.75, 3.05) is 13.1 Å². The summed E-state index contributed by atoms with van der Waals surface area (Å²) in [6, 6.07) is 0. The molecule has 0 aromatic rings. The Morgan fingerprint density at radius 2 is 2.13 bits per heavy atom. The van der Waals surface area contributed by atoms with Crippen molar-refractivity contribution in [1.29, 1.82) is 0 Å². The van der Waals surface area contributed by atoms with Gasteiger partial charge >= 0.3 is 6.16 Å². The molecule has 4 nitrogen and oxygen atoms in total. The first-order valence-corrected chi connectivity index (χ1v) is 5.56. The minimum absolute atomic E-state index is 0.0927. The van der Waals surface area contributed by atoms with Crippen molar-refractivity contribution in [2.45, 2.75) is 52.4 Å². The maximum Gasteiger partial charge on any atom is 0.510 e. The summed E-state index contributed by atoms with van der Waals surface area (Å²) in [5.74, 6) is 0. The number of rotatable bonds is 2. The minimum atomic E-state index is -0.562. The second-order valence-corrected chi connectivity index (χ2v) is 4.81. The monoisotopic (exact) mass is 215 g/mol. The van der Waals surface area contributed by atoms with Crippen LogP contribution in [0.1, 0.15) is 40.5 Å². The summed E-state index contributed by atoms with van der Waals surface area (Å²) in [5.41, 5.74) is -0.479. The summed E-state index contributed by atoms with van der Waals surface area (Å²) in [5, 5.41) is 0. The molecule has 1 fully saturated rings. The lowest BCUT2D eigenvalue weighted by Gasteiger charge is -2.25. The van der Waals surface area contributed by atoms with Gasteiger partial charge in [-0.25, -0.2) is 4.79 Å². The zero-order valence-electron chi connectivity index (χ0n) is 10.1. The van der Waals surface area contributed by atoms with E-state index >= 15 is 0 Å². The van der Waals surface area contributed by atoms with Crippen LogP contribution in [0, 0.1) is 0 Å². The Hall–Kier alpha value is -0.770. The van der Waals surface area contributed by atoms with Gasteiger partial charge in [0.1, 0.15) is 5.60 Å². The van der Waals surface area contributed by atoms with Gasteiger partial charge < -0.3 is 9.47 Å². The van der Waals surface area contributed by atoms with E-state index in [0.717, 1.165) is 25.9 Å². The van der Waals surface area contributed by atoms with Gasteiger partial charge in [0.2, 0.25) is 0 Å². The van der Waals surface area contributed by atoms with E-state index in [9.17, 15) is 4.79 Å². The van der Waals surface area contributed by atoms with Crippen molar-refractivity contribution in [1.82, 2.24) is 4.90 Å². The topological polar surface area (TPSA) is 38.8 Å². The van der Waals surface area contributed by atoms with Crippen LogP contribution in [0.15, 0.2) is 0 Å². The van der Waals surface area contributed by atoms with E-state index in [0.29, 0.717) is 0 Å². The molecule has 0 spiro atoms. The van der Waals surface area contributed by atoms with Crippen LogP contribution in [0.3, 0.4) is 0 Å².